The second-order valence-corrected chi connectivity index (χ2v) is 5.26. The van der Waals surface area contributed by atoms with Crippen molar-refractivity contribution in [2.24, 2.45) is 4.99 Å². The molecule has 8 heteroatoms. The van der Waals surface area contributed by atoms with Crippen LogP contribution in [0.25, 0.3) is 0 Å². The zero-order chi connectivity index (χ0) is 18.7. The number of nitrogens with one attached hydrogen (secondary N) is 2. The Bertz CT molecular complexity index is 582. The number of aliphatic imine (C=N–C) groups is 1. The van der Waals surface area contributed by atoms with E-state index in [1.54, 1.807) is 7.05 Å². The Morgan fingerprint density at radius 2 is 1.85 bits per heavy atom. The molecule has 2 N–H and O–H groups in total. The lowest BCUT2D eigenvalue weighted by atomic mass is 10.1. The molecule has 0 bridgehead atoms. The van der Waals surface area contributed by atoms with Gasteiger partial charge < -0.3 is 24.8 Å². The summed E-state index contributed by atoms with van der Waals surface area (Å²) in [6.45, 7) is 7.52. The fourth-order valence-corrected chi connectivity index (χ4v) is 2.21. The summed E-state index contributed by atoms with van der Waals surface area (Å²) in [5, 5.41) is 6.37. The quantitative estimate of drug-likeness (QED) is 0.246. The first-order valence-electron chi connectivity index (χ1n) is 8.49. The maximum Gasteiger partial charge on any atom is 0.307 e. The van der Waals surface area contributed by atoms with E-state index in [9.17, 15) is 4.79 Å². The van der Waals surface area contributed by atoms with Crippen LogP contribution in [-0.4, -0.2) is 45.8 Å². The Morgan fingerprint density at radius 1 is 1.19 bits per heavy atom. The van der Waals surface area contributed by atoms with Gasteiger partial charge in [0.15, 0.2) is 17.5 Å². The van der Waals surface area contributed by atoms with Gasteiger partial charge >= 0.3 is 5.97 Å². The van der Waals surface area contributed by atoms with Gasteiger partial charge in [0, 0.05) is 13.6 Å². The topological polar surface area (TPSA) is 81.2 Å². The highest BCUT2D eigenvalue weighted by atomic mass is 127. The SMILES string of the molecule is CCOc1ccc(C(C)NC(=NC)NCCC(=O)OC)cc1OCC.I. The molecule has 0 saturated heterocycles. The Labute approximate surface area is 172 Å². The minimum Gasteiger partial charge on any atom is -0.490 e. The summed E-state index contributed by atoms with van der Waals surface area (Å²) in [6, 6.07) is 5.87. The fourth-order valence-electron chi connectivity index (χ4n) is 2.21. The molecule has 0 aliphatic carbocycles. The van der Waals surface area contributed by atoms with Gasteiger partial charge in [0.1, 0.15) is 0 Å². The lowest BCUT2D eigenvalue weighted by Crippen LogP contribution is -2.39. The third kappa shape index (κ3) is 8.11. The highest BCUT2D eigenvalue weighted by Gasteiger charge is 2.12. The lowest BCUT2D eigenvalue weighted by molar-refractivity contribution is -0.140. The predicted molar refractivity (Wildman–Crippen MR) is 114 cm³/mol. The zero-order valence-corrected chi connectivity index (χ0v) is 18.5. The standard InChI is InChI=1S/C18H29N3O4.HI/c1-6-24-15-9-8-14(12-16(15)25-7-2)13(3)21-18(19-4)20-11-10-17(22)23-5;/h8-9,12-13H,6-7,10-11H2,1-5H3,(H2,19,20,21);1H. The number of guanidine groups is 1. The van der Waals surface area contributed by atoms with Crippen LogP contribution < -0.4 is 20.1 Å². The highest BCUT2D eigenvalue weighted by molar-refractivity contribution is 14.0. The van der Waals surface area contributed by atoms with Crippen molar-refractivity contribution in [1.82, 2.24) is 10.6 Å². The van der Waals surface area contributed by atoms with E-state index in [0.29, 0.717) is 25.7 Å². The van der Waals surface area contributed by atoms with Gasteiger partial charge in [0.05, 0.1) is 32.8 Å². The van der Waals surface area contributed by atoms with Crippen molar-refractivity contribution in [2.45, 2.75) is 33.2 Å². The van der Waals surface area contributed by atoms with Crippen molar-refractivity contribution in [3.8, 4) is 11.5 Å². The molecule has 1 aromatic carbocycles. The second kappa shape index (κ2) is 13.5. The molecule has 0 saturated carbocycles. The average molecular weight is 479 g/mol. The van der Waals surface area contributed by atoms with Crippen LogP contribution in [0.2, 0.25) is 0 Å². The number of ether oxygens (including phenoxy) is 3. The molecule has 7 nitrogen and oxygen atoms in total. The molecule has 0 aliphatic heterocycles. The van der Waals surface area contributed by atoms with Gasteiger partial charge in [-0.15, -0.1) is 24.0 Å². The van der Waals surface area contributed by atoms with Crippen LogP contribution >= 0.6 is 24.0 Å². The maximum absolute atomic E-state index is 11.2. The number of hydrogen-bond acceptors (Lipinski definition) is 5. The molecular formula is C18H30IN3O4. The van der Waals surface area contributed by atoms with Gasteiger partial charge in [0.2, 0.25) is 0 Å². The van der Waals surface area contributed by atoms with Gasteiger partial charge in [-0.05, 0) is 38.5 Å². The van der Waals surface area contributed by atoms with Gasteiger partial charge in [-0.3, -0.25) is 9.79 Å². The molecule has 0 fully saturated rings. The van der Waals surface area contributed by atoms with E-state index in [1.807, 2.05) is 39.0 Å². The summed E-state index contributed by atoms with van der Waals surface area (Å²) in [5.74, 6) is 1.82. The van der Waals surface area contributed by atoms with Crippen LogP contribution in [0, 0.1) is 0 Å². The van der Waals surface area contributed by atoms with Crippen molar-refractivity contribution in [1.29, 1.82) is 0 Å². The predicted octanol–water partition coefficient (Wildman–Crippen LogP) is 2.89. The number of halogens is 1. The smallest absolute Gasteiger partial charge is 0.307 e. The van der Waals surface area contributed by atoms with Gasteiger partial charge in [-0.25, -0.2) is 0 Å². The summed E-state index contributed by atoms with van der Waals surface area (Å²) in [4.78, 5) is 15.3. The monoisotopic (exact) mass is 479 g/mol. The van der Waals surface area contributed by atoms with Crippen LogP contribution in [0.1, 0.15) is 38.8 Å². The molecule has 1 rings (SSSR count). The number of benzene rings is 1. The zero-order valence-electron chi connectivity index (χ0n) is 16.1. The molecule has 0 radical (unpaired) electrons. The molecule has 0 spiro atoms. The van der Waals surface area contributed by atoms with E-state index in [1.165, 1.54) is 7.11 Å². The fraction of sp³-hybridized carbons (Fsp3) is 0.556. The molecule has 148 valence electrons. The first-order chi connectivity index (χ1) is 12.0. The second-order valence-electron chi connectivity index (χ2n) is 5.26. The van der Waals surface area contributed by atoms with Crippen LogP contribution in [0.15, 0.2) is 23.2 Å². The Morgan fingerprint density at radius 3 is 2.42 bits per heavy atom. The number of carbonyl (C=O) groups is 1. The van der Waals surface area contributed by atoms with Crippen LogP contribution in [0.4, 0.5) is 0 Å². The maximum atomic E-state index is 11.2. The van der Waals surface area contributed by atoms with Gasteiger partial charge in [0.25, 0.3) is 0 Å². The molecule has 1 aromatic rings. The third-order valence-corrected chi connectivity index (χ3v) is 3.49. The van der Waals surface area contributed by atoms with Crippen LogP contribution in [0.5, 0.6) is 11.5 Å². The summed E-state index contributed by atoms with van der Waals surface area (Å²) in [7, 11) is 3.06. The first kappa shape index (κ1) is 24.3. The number of carbonyl (C=O) groups excluding carboxylic acids is 1. The largest absolute Gasteiger partial charge is 0.490 e. The van der Waals surface area contributed by atoms with E-state index in [-0.39, 0.29) is 42.4 Å². The summed E-state index contributed by atoms with van der Waals surface area (Å²) in [5.41, 5.74) is 1.04. The van der Waals surface area contributed by atoms with Gasteiger partial charge in [-0.2, -0.15) is 0 Å². The first-order valence-corrected chi connectivity index (χ1v) is 8.49. The van der Waals surface area contributed by atoms with Crippen molar-refractivity contribution in [3.63, 3.8) is 0 Å². The summed E-state index contributed by atoms with van der Waals surface area (Å²) >= 11 is 0. The Balaban J connectivity index is 0.00000625. The minimum absolute atomic E-state index is 0. The third-order valence-electron chi connectivity index (χ3n) is 3.49. The molecule has 0 aromatic heterocycles. The highest BCUT2D eigenvalue weighted by Crippen LogP contribution is 2.30. The van der Waals surface area contributed by atoms with E-state index in [0.717, 1.165) is 17.1 Å². The molecule has 0 amide bonds. The Kier molecular flexibility index (Phi) is 12.6. The number of rotatable bonds is 9. The average Bonchev–Trinajstić information content (AvgIpc) is 2.62. The molecular weight excluding hydrogens is 449 g/mol. The molecule has 1 unspecified atom stereocenters. The summed E-state index contributed by atoms with van der Waals surface area (Å²) < 4.78 is 15.9. The number of esters is 1. The lowest BCUT2D eigenvalue weighted by Gasteiger charge is -2.20. The van der Waals surface area contributed by atoms with Crippen molar-refractivity contribution >= 4 is 35.9 Å². The molecule has 1 atom stereocenters. The van der Waals surface area contributed by atoms with Crippen molar-refractivity contribution < 1.29 is 19.0 Å². The summed E-state index contributed by atoms with van der Waals surface area (Å²) in [6.07, 6.45) is 0.281. The van der Waals surface area contributed by atoms with E-state index < -0.39 is 0 Å². The number of hydrogen-bond donors (Lipinski definition) is 2. The van der Waals surface area contributed by atoms with Crippen molar-refractivity contribution in [2.75, 3.05) is 33.9 Å². The van der Waals surface area contributed by atoms with E-state index in [2.05, 4.69) is 20.4 Å². The number of methoxy groups -OCH3 is 1. The molecule has 0 aliphatic rings. The normalized spacial score (nSPS) is 11.8. The van der Waals surface area contributed by atoms with Gasteiger partial charge in [-0.1, -0.05) is 6.07 Å². The van der Waals surface area contributed by atoms with Crippen molar-refractivity contribution in [3.05, 3.63) is 23.8 Å². The van der Waals surface area contributed by atoms with E-state index >= 15 is 0 Å². The van der Waals surface area contributed by atoms with Crippen LogP contribution in [0.3, 0.4) is 0 Å². The van der Waals surface area contributed by atoms with Crippen LogP contribution in [-0.2, 0) is 9.53 Å². The molecule has 0 heterocycles. The van der Waals surface area contributed by atoms with E-state index in [4.69, 9.17) is 9.47 Å². The Hall–Kier alpha value is -1.71. The molecule has 26 heavy (non-hydrogen) atoms. The minimum atomic E-state index is -0.260. The number of nitrogens with zero attached hydrogens (tertiary/aromatic N) is 1.